The standard InChI is InChI=1S/C25H20F3N5O2/c1-15-10-16(2)12-19(11-15)30-24-29-14-20(18-5-3-4-17(13-18)6-7-22(34)35)23(31-24)33-9-8-21(32-33)25(26,27)28/h3-14H,1-2H3,(H,34,35)(H,29,30,31)/b7-6+. The Hall–Kier alpha value is -4.47. The number of carbonyl (C=O) groups is 1. The van der Waals surface area contributed by atoms with Crippen molar-refractivity contribution in [2.45, 2.75) is 20.0 Å². The maximum Gasteiger partial charge on any atom is 0.435 e. The van der Waals surface area contributed by atoms with E-state index in [9.17, 15) is 18.0 Å². The minimum Gasteiger partial charge on any atom is -0.478 e. The quantitative estimate of drug-likeness (QED) is 0.339. The number of anilines is 2. The van der Waals surface area contributed by atoms with Crippen LogP contribution in [0.3, 0.4) is 0 Å². The van der Waals surface area contributed by atoms with Crippen molar-refractivity contribution in [3.8, 4) is 16.9 Å². The van der Waals surface area contributed by atoms with Crippen molar-refractivity contribution in [3.63, 3.8) is 0 Å². The SMILES string of the molecule is Cc1cc(C)cc(Nc2ncc(-c3cccc(/C=C/C(=O)O)c3)c(-n3ccc(C(F)(F)F)n3)n2)c1. The van der Waals surface area contributed by atoms with Crippen molar-refractivity contribution in [2.24, 2.45) is 0 Å². The first-order chi connectivity index (χ1) is 16.6. The molecule has 35 heavy (non-hydrogen) atoms. The molecule has 2 heterocycles. The van der Waals surface area contributed by atoms with E-state index in [0.717, 1.165) is 33.6 Å². The molecular weight excluding hydrogens is 459 g/mol. The monoisotopic (exact) mass is 479 g/mol. The Morgan fingerprint density at radius 1 is 1.09 bits per heavy atom. The summed E-state index contributed by atoms with van der Waals surface area (Å²) in [5.41, 5.74) is 3.31. The molecule has 0 aliphatic carbocycles. The summed E-state index contributed by atoms with van der Waals surface area (Å²) in [4.78, 5) is 19.7. The third-order valence-corrected chi connectivity index (χ3v) is 4.96. The fraction of sp³-hybridized carbons (Fsp3) is 0.120. The Labute approximate surface area is 198 Å². The van der Waals surface area contributed by atoms with Gasteiger partial charge < -0.3 is 10.4 Å². The molecule has 7 nitrogen and oxygen atoms in total. The largest absolute Gasteiger partial charge is 0.478 e. The van der Waals surface area contributed by atoms with Crippen molar-refractivity contribution in [3.05, 3.63) is 89.4 Å². The average molecular weight is 479 g/mol. The van der Waals surface area contributed by atoms with Gasteiger partial charge >= 0.3 is 12.1 Å². The van der Waals surface area contributed by atoms with Gasteiger partial charge in [-0.2, -0.15) is 23.3 Å². The van der Waals surface area contributed by atoms with Gasteiger partial charge in [-0.05, 0) is 66.4 Å². The zero-order valence-electron chi connectivity index (χ0n) is 18.7. The van der Waals surface area contributed by atoms with Gasteiger partial charge in [0.2, 0.25) is 5.95 Å². The lowest BCUT2D eigenvalue weighted by atomic mass is 10.0. The van der Waals surface area contributed by atoms with Crippen LogP contribution in [-0.2, 0) is 11.0 Å². The van der Waals surface area contributed by atoms with Crippen LogP contribution in [0.25, 0.3) is 23.0 Å². The molecule has 0 unspecified atom stereocenters. The van der Waals surface area contributed by atoms with Gasteiger partial charge in [0.1, 0.15) is 0 Å². The molecule has 0 saturated carbocycles. The summed E-state index contributed by atoms with van der Waals surface area (Å²) in [6.45, 7) is 3.89. The van der Waals surface area contributed by atoms with Gasteiger partial charge in [0.05, 0.1) is 0 Å². The number of hydrogen-bond donors (Lipinski definition) is 2. The second-order valence-electron chi connectivity index (χ2n) is 7.87. The number of rotatable bonds is 6. The van der Waals surface area contributed by atoms with Gasteiger partial charge in [-0.3, -0.25) is 0 Å². The van der Waals surface area contributed by atoms with E-state index in [4.69, 9.17) is 5.11 Å². The molecule has 0 radical (unpaired) electrons. The molecular formula is C25H20F3N5O2. The van der Waals surface area contributed by atoms with Crippen LogP contribution >= 0.6 is 0 Å². The molecule has 0 aliphatic rings. The van der Waals surface area contributed by atoms with E-state index in [1.807, 2.05) is 32.0 Å². The van der Waals surface area contributed by atoms with E-state index in [1.54, 1.807) is 24.3 Å². The van der Waals surface area contributed by atoms with E-state index in [1.165, 1.54) is 18.5 Å². The molecule has 0 spiro atoms. The van der Waals surface area contributed by atoms with Gasteiger partial charge in [0.25, 0.3) is 0 Å². The van der Waals surface area contributed by atoms with Crippen molar-refractivity contribution in [1.29, 1.82) is 0 Å². The number of carboxylic acids is 1. The number of aryl methyl sites for hydroxylation is 2. The highest BCUT2D eigenvalue weighted by Gasteiger charge is 2.34. The lowest BCUT2D eigenvalue weighted by Gasteiger charge is -2.13. The minimum atomic E-state index is -4.61. The zero-order chi connectivity index (χ0) is 25.2. The minimum absolute atomic E-state index is 0.127. The number of carboxylic acid groups (broad SMARTS) is 1. The highest BCUT2D eigenvalue weighted by atomic mass is 19.4. The molecule has 0 aliphatic heterocycles. The van der Waals surface area contributed by atoms with E-state index in [2.05, 4.69) is 20.4 Å². The van der Waals surface area contributed by atoms with Crippen LogP contribution in [0.2, 0.25) is 0 Å². The first-order valence-corrected chi connectivity index (χ1v) is 10.5. The summed E-state index contributed by atoms with van der Waals surface area (Å²) in [7, 11) is 0. The Bertz CT molecular complexity index is 1410. The van der Waals surface area contributed by atoms with Gasteiger partial charge in [-0.15, -0.1) is 0 Å². The fourth-order valence-corrected chi connectivity index (χ4v) is 3.56. The molecule has 178 valence electrons. The van der Waals surface area contributed by atoms with Crippen molar-refractivity contribution >= 4 is 23.7 Å². The number of nitrogens with one attached hydrogen (secondary N) is 1. The highest BCUT2D eigenvalue weighted by Crippen LogP contribution is 2.31. The van der Waals surface area contributed by atoms with Crippen LogP contribution in [0.4, 0.5) is 24.8 Å². The summed E-state index contributed by atoms with van der Waals surface area (Å²) >= 11 is 0. The van der Waals surface area contributed by atoms with Gasteiger partial charge in [0, 0.05) is 29.7 Å². The average Bonchev–Trinajstić information content (AvgIpc) is 3.28. The number of halogens is 3. The maximum atomic E-state index is 13.2. The van der Waals surface area contributed by atoms with Crippen LogP contribution in [0, 0.1) is 13.8 Å². The van der Waals surface area contributed by atoms with Gasteiger partial charge in [-0.1, -0.05) is 24.3 Å². The van der Waals surface area contributed by atoms with E-state index in [-0.39, 0.29) is 11.8 Å². The van der Waals surface area contributed by atoms with Crippen LogP contribution in [-0.4, -0.2) is 30.8 Å². The van der Waals surface area contributed by atoms with Gasteiger partial charge in [-0.25, -0.2) is 14.5 Å². The number of nitrogens with zero attached hydrogens (tertiary/aromatic N) is 4. The van der Waals surface area contributed by atoms with Crippen molar-refractivity contribution in [1.82, 2.24) is 19.7 Å². The van der Waals surface area contributed by atoms with Crippen LogP contribution in [0.1, 0.15) is 22.4 Å². The molecule has 4 aromatic rings. The Kier molecular flexibility index (Phi) is 6.37. The first-order valence-electron chi connectivity index (χ1n) is 10.5. The fourth-order valence-electron chi connectivity index (χ4n) is 3.56. The second kappa shape index (κ2) is 9.41. The highest BCUT2D eigenvalue weighted by molar-refractivity contribution is 5.86. The Morgan fingerprint density at radius 2 is 1.83 bits per heavy atom. The van der Waals surface area contributed by atoms with Gasteiger partial charge in [0.15, 0.2) is 11.5 Å². The molecule has 0 fully saturated rings. The molecule has 0 amide bonds. The van der Waals surface area contributed by atoms with Crippen molar-refractivity contribution in [2.75, 3.05) is 5.32 Å². The molecule has 0 atom stereocenters. The predicted molar refractivity (Wildman–Crippen MR) is 125 cm³/mol. The normalized spacial score (nSPS) is 11.7. The molecule has 10 heteroatoms. The van der Waals surface area contributed by atoms with Crippen LogP contribution in [0.15, 0.2) is 67.0 Å². The first kappa shape index (κ1) is 23.7. The molecule has 4 rings (SSSR count). The van der Waals surface area contributed by atoms with E-state index < -0.39 is 17.8 Å². The topological polar surface area (TPSA) is 92.9 Å². The smallest absolute Gasteiger partial charge is 0.435 e. The second-order valence-corrected chi connectivity index (χ2v) is 7.87. The van der Waals surface area contributed by atoms with E-state index >= 15 is 0 Å². The molecule has 2 N–H and O–H groups in total. The Morgan fingerprint density at radius 3 is 2.49 bits per heavy atom. The summed E-state index contributed by atoms with van der Waals surface area (Å²) in [6.07, 6.45) is 0.473. The summed E-state index contributed by atoms with van der Waals surface area (Å²) in [6, 6.07) is 13.5. The van der Waals surface area contributed by atoms with E-state index in [0.29, 0.717) is 16.7 Å². The van der Waals surface area contributed by atoms with Crippen LogP contribution < -0.4 is 5.32 Å². The molecule has 0 bridgehead atoms. The third-order valence-electron chi connectivity index (χ3n) is 4.96. The number of aromatic nitrogens is 4. The molecule has 0 saturated heterocycles. The third kappa shape index (κ3) is 5.72. The van der Waals surface area contributed by atoms with Crippen LogP contribution in [0.5, 0.6) is 0 Å². The Balaban J connectivity index is 1.81. The lowest BCUT2D eigenvalue weighted by Crippen LogP contribution is -2.10. The number of hydrogen-bond acceptors (Lipinski definition) is 5. The number of aliphatic carboxylic acids is 1. The molecule has 2 aromatic carbocycles. The predicted octanol–water partition coefficient (Wildman–Crippen LogP) is 5.81. The lowest BCUT2D eigenvalue weighted by molar-refractivity contribution is -0.141. The number of alkyl halides is 3. The summed E-state index contributed by atoms with van der Waals surface area (Å²) in [5.74, 6) is -0.793. The summed E-state index contributed by atoms with van der Waals surface area (Å²) < 4.78 is 40.7. The molecule has 2 aromatic heterocycles. The zero-order valence-corrected chi connectivity index (χ0v) is 18.7. The van der Waals surface area contributed by atoms with Crippen molar-refractivity contribution < 1.29 is 23.1 Å². The number of benzene rings is 2. The summed E-state index contributed by atoms with van der Waals surface area (Å²) in [5, 5.41) is 15.7. The maximum absolute atomic E-state index is 13.2.